The van der Waals surface area contributed by atoms with Gasteiger partial charge in [0.2, 0.25) is 5.17 Å². The van der Waals surface area contributed by atoms with E-state index < -0.39 is 9.84 Å². The largest absolute Gasteiger partial charge is 0.260 e. The van der Waals surface area contributed by atoms with Gasteiger partial charge in [0.25, 0.3) is 9.84 Å². The van der Waals surface area contributed by atoms with Crippen molar-refractivity contribution in [2.75, 3.05) is 6.54 Å². The molecule has 3 aliphatic rings. The molecule has 6 nitrogen and oxygen atoms in total. The van der Waals surface area contributed by atoms with Crippen LogP contribution < -0.4 is 0 Å². The van der Waals surface area contributed by atoms with E-state index in [2.05, 4.69) is 26.2 Å². The van der Waals surface area contributed by atoms with E-state index in [-0.39, 0.29) is 10.2 Å². The third-order valence-electron chi connectivity index (χ3n) is 5.69. The Morgan fingerprint density at radius 3 is 2.41 bits per heavy atom. The molecule has 2 aliphatic carbocycles. The van der Waals surface area contributed by atoms with Crippen molar-refractivity contribution in [3.63, 3.8) is 0 Å². The fourth-order valence-corrected chi connectivity index (χ4v) is 5.56. The van der Waals surface area contributed by atoms with E-state index >= 15 is 0 Å². The molecule has 0 radical (unpaired) electrons. The van der Waals surface area contributed by atoms with Gasteiger partial charge in [0.1, 0.15) is 0 Å². The lowest BCUT2D eigenvalue weighted by Crippen LogP contribution is -2.14. The molecule has 27 heavy (non-hydrogen) atoms. The first-order valence-electron chi connectivity index (χ1n) is 9.42. The van der Waals surface area contributed by atoms with Crippen LogP contribution in [-0.4, -0.2) is 36.0 Å². The van der Waals surface area contributed by atoms with E-state index in [9.17, 15) is 8.42 Å². The second-order valence-corrected chi connectivity index (χ2v) is 9.15. The maximum absolute atomic E-state index is 12.7. The minimum absolute atomic E-state index is 0.102. The van der Waals surface area contributed by atoms with Gasteiger partial charge in [0.15, 0.2) is 5.03 Å². The summed E-state index contributed by atoms with van der Waals surface area (Å²) in [5.41, 5.74) is 8.14. The van der Waals surface area contributed by atoms with Gasteiger partial charge in [-0.15, -0.1) is 5.10 Å². The average molecular weight is 380 g/mol. The molecule has 0 N–H and O–H groups in total. The average Bonchev–Trinajstić information content (AvgIpc) is 3.42. The molecule has 0 saturated heterocycles. The van der Waals surface area contributed by atoms with E-state index in [0.717, 1.165) is 31.4 Å². The molecule has 1 aromatic carbocycles. The van der Waals surface area contributed by atoms with Crippen LogP contribution in [-0.2, 0) is 41.9 Å². The minimum atomic E-state index is -3.80. The summed E-state index contributed by atoms with van der Waals surface area (Å²) in [7, 11) is -3.80. The van der Waals surface area contributed by atoms with Crippen LogP contribution in [0.5, 0.6) is 0 Å². The summed E-state index contributed by atoms with van der Waals surface area (Å²) in [5, 5.41) is 7.13. The minimum Gasteiger partial charge on any atom is -0.250 e. The second-order valence-electron chi connectivity index (χ2n) is 7.36. The molecule has 0 atom stereocenters. The van der Waals surface area contributed by atoms with Gasteiger partial charge in [-0.3, -0.25) is 4.99 Å². The lowest BCUT2D eigenvalue weighted by atomic mass is 9.91. The topological polar surface area (TPSA) is 84.6 Å². The summed E-state index contributed by atoms with van der Waals surface area (Å²) < 4.78 is 25.3. The molecule has 0 unspecified atom stereocenters. The van der Waals surface area contributed by atoms with Gasteiger partial charge in [0, 0.05) is 18.3 Å². The molecule has 0 saturated carbocycles. The molecule has 0 spiro atoms. The highest BCUT2D eigenvalue weighted by Gasteiger charge is 2.29. The van der Waals surface area contributed by atoms with Gasteiger partial charge in [-0.1, -0.05) is 6.07 Å². The number of hydrogen-bond donors (Lipinski definition) is 0. The van der Waals surface area contributed by atoms with Crippen LogP contribution in [0.1, 0.15) is 40.7 Å². The summed E-state index contributed by atoms with van der Waals surface area (Å²) >= 11 is 0. The van der Waals surface area contributed by atoms with Gasteiger partial charge in [-0.25, -0.2) is 13.4 Å². The highest BCUT2D eigenvalue weighted by molar-refractivity contribution is 8.06. The van der Waals surface area contributed by atoms with Gasteiger partial charge in [-0.2, -0.15) is 5.10 Å². The predicted octanol–water partition coefficient (Wildman–Crippen LogP) is 2.28. The summed E-state index contributed by atoms with van der Waals surface area (Å²) in [6.07, 6.45) is 9.12. The predicted molar refractivity (Wildman–Crippen MR) is 103 cm³/mol. The van der Waals surface area contributed by atoms with E-state index in [4.69, 9.17) is 0 Å². The van der Waals surface area contributed by atoms with Crippen LogP contribution in [0.15, 0.2) is 39.4 Å². The molecule has 0 bridgehead atoms. The van der Waals surface area contributed by atoms with Crippen molar-refractivity contribution < 1.29 is 8.42 Å². The Balaban J connectivity index is 1.47. The summed E-state index contributed by atoms with van der Waals surface area (Å²) in [6.45, 7) is 0.341. The first-order valence-corrected chi connectivity index (χ1v) is 10.9. The van der Waals surface area contributed by atoms with E-state index in [1.165, 1.54) is 52.9 Å². The van der Waals surface area contributed by atoms with Crippen molar-refractivity contribution in [2.24, 2.45) is 9.98 Å². The molecule has 7 heteroatoms. The maximum atomic E-state index is 12.7. The number of fused-ring (bicyclic) bond motifs is 2. The van der Waals surface area contributed by atoms with Crippen LogP contribution in [0.3, 0.4) is 0 Å². The molecule has 1 aromatic heterocycles. The standard InChI is InChI=1S/C20H20N4O2S/c25-27(26,19-8-3-9-22-24-19)20-21-12-15(23-20)11-18-16-6-1-4-13(16)10-14-5-2-7-17(14)18/h3,8-10H,1-2,4-7,11-12H2. The Morgan fingerprint density at radius 2 is 1.74 bits per heavy atom. The fourth-order valence-electron chi connectivity index (χ4n) is 4.48. The van der Waals surface area contributed by atoms with Crippen LogP contribution in [0, 0.1) is 0 Å². The first-order chi connectivity index (χ1) is 13.1. The third-order valence-corrected chi connectivity index (χ3v) is 7.16. The van der Waals surface area contributed by atoms with Crippen molar-refractivity contribution in [3.05, 3.63) is 52.2 Å². The molecule has 2 aromatic rings. The van der Waals surface area contributed by atoms with Gasteiger partial charge >= 0.3 is 0 Å². The second kappa shape index (κ2) is 6.34. The van der Waals surface area contributed by atoms with Crippen molar-refractivity contribution >= 4 is 20.7 Å². The molecule has 138 valence electrons. The molecule has 1 aliphatic heterocycles. The highest BCUT2D eigenvalue weighted by atomic mass is 32.2. The SMILES string of the molecule is O=S(=O)(C1=NCC(Cc2c3c(cc4c2CCC4)CCC3)=N1)c1cccnn1. The van der Waals surface area contributed by atoms with E-state index in [0.29, 0.717) is 13.0 Å². The Kier molecular flexibility index (Phi) is 3.93. The van der Waals surface area contributed by atoms with Crippen LogP contribution in [0.25, 0.3) is 0 Å². The van der Waals surface area contributed by atoms with Crippen molar-refractivity contribution in [1.82, 2.24) is 10.2 Å². The van der Waals surface area contributed by atoms with Crippen LogP contribution in [0.4, 0.5) is 0 Å². The summed E-state index contributed by atoms with van der Waals surface area (Å²) in [5.74, 6) is 0. The van der Waals surface area contributed by atoms with Gasteiger partial charge < -0.3 is 0 Å². The number of benzene rings is 1. The number of aryl methyl sites for hydroxylation is 2. The highest BCUT2D eigenvalue weighted by Crippen LogP contribution is 2.35. The smallest absolute Gasteiger partial charge is 0.250 e. The number of nitrogens with zero attached hydrogens (tertiary/aromatic N) is 4. The third kappa shape index (κ3) is 2.81. The number of aliphatic imine (C=N–C) groups is 2. The summed E-state index contributed by atoms with van der Waals surface area (Å²) in [4.78, 5) is 8.60. The monoisotopic (exact) mass is 380 g/mol. The fraction of sp³-hybridized carbons (Fsp3) is 0.400. The van der Waals surface area contributed by atoms with E-state index in [1.807, 2.05) is 0 Å². The Labute approximate surface area is 158 Å². The molecule has 0 amide bonds. The maximum Gasteiger partial charge on any atom is 0.260 e. The zero-order valence-corrected chi connectivity index (χ0v) is 15.8. The quantitative estimate of drug-likeness (QED) is 0.818. The van der Waals surface area contributed by atoms with Crippen molar-refractivity contribution in [3.8, 4) is 0 Å². The molecular formula is C20H20N4O2S. The normalized spacial score (nSPS) is 18.2. The number of amidine groups is 1. The first kappa shape index (κ1) is 16.7. The zero-order chi connectivity index (χ0) is 18.4. The van der Waals surface area contributed by atoms with Gasteiger partial charge in [-0.05, 0) is 78.5 Å². The van der Waals surface area contributed by atoms with Crippen LogP contribution >= 0.6 is 0 Å². The lowest BCUT2D eigenvalue weighted by molar-refractivity contribution is 0.601. The molecule has 5 rings (SSSR count). The van der Waals surface area contributed by atoms with E-state index in [1.54, 1.807) is 6.07 Å². The van der Waals surface area contributed by atoms with Crippen molar-refractivity contribution in [1.29, 1.82) is 0 Å². The Morgan fingerprint density at radius 1 is 1.00 bits per heavy atom. The lowest BCUT2D eigenvalue weighted by Gasteiger charge is -2.15. The number of sulfone groups is 1. The number of rotatable bonds is 3. The summed E-state index contributed by atoms with van der Waals surface area (Å²) in [6, 6.07) is 5.39. The number of hydrogen-bond acceptors (Lipinski definition) is 6. The van der Waals surface area contributed by atoms with Crippen molar-refractivity contribution in [2.45, 2.75) is 50.0 Å². The molecule has 2 heterocycles. The van der Waals surface area contributed by atoms with Crippen LogP contribution in [0.2, 0.25) is 0 Å². The molecule has 0 fully saturated rings. The zero-order valence-electron chi connectivity index (χ0n) is 15.0. The Bertz CT molecular complexity index is 1060. The Hall–Kier alpha value is -2.41. The van der Waals surface area contributed by atoms with Gasteiger partial charge in [0.05, 0.1) is 6.54 Å². The number of aromatic nitrogens is 2. The molecular weight excluding hydrogens is 360 g/mol.